The average Bonchev–Trinajstić information content (AvgIpc) is 2.70. The molecule has 2 aliphatic rings. The van der Waals surface area contributed by atoms with E-state index in [1.165, 1.54) is 12.1 Å². The maximum atomic E-state index is 12.9. The second-order valence-corrected chi connectivity index (χ2v) is 5.47. The highest BCUT2D eigenvalue weighted by molar-refractivity contribution is 5.56. The third-order valence-electron chi connectivity index (χ3n) is 3.81. The first-order valence-corrected chi connectivity index (χ1v) is 6.82. The Kier molecular flexibility index (Phi) is 3.20. The van der Waals surface area contributed by atoms with Gasteiger partial charge in [0.1, 0.15) is 0 Å². The molecule has 1 aromatic rings. The summed E-state index contributed by atoms with van der Waals surface area (Å²) in [6.45, 7) is 0.406. The first-order valence-electron chi connectivity index (χ1n) is 6.82. The number of halogens is 2. The fraction of sp³-hybridized carbons (Fsp3) is 0.571. The molecule has 20 heavy (non-hydrogen) atoms. The fourth-order valence-electron chi connectivity index (χ4n) is 2.71. The Bertz CT molecular complexity index is 501. The molecule has 0 bridgehead atoms. The van der Waals surface area contributed by atoms with Crippen molar-refractivity contribution in [3.8, 4) is 11.5 Å². The number of fused-ring (bicyclic) bond motifs is 1. The summed E-state index contributed by atoms with van der Waals surface area (Å²) in [5.41, 5.74) is -0.0810. The number of nitrogens with one attached hydrogen (secondary N) is 1. The van der Waals surface area contributed by atoms with Crippen LogP contribution in [0.3, 0.4) is 0 Å². The lowest BCUT2D eigenvalue weighted by Gasteiger charge is -2.32. The molecule has 0 amide bonds. The highest BCUT2D eigenvalue weighted by Gasteiger charge is 2.43. The van der Waals surface area contributed by atoms with Crippen molar-refractivity contribution in [2.24, 2.45) is 0 Å². The van der Waals surface area contributed by atoms with Crippen LogP contribution in [0.25, 0.3) is 0 Å². The van der Waals surface area contributed by atoms with E-state index in [1.807, 2.05) is 0 Å². The normalized spacial score (nSPS) is 22.6. The van der Waals surface area contributed by atoms with Gasteiger partial charge in [-0.25, -0.2) is 0 Å². The van der Waals surface area contributed by atoms with E-state index in [9.17, 15) is 13.9 Å². The van der Waals surface area contributed by atoms with Crippen LogP contribution in [0, 0.1) is 0 Å². The number of benzene rings is 1. The van der Waals surface area contributed by atoms with E-state index in [4.69, 9.17) is 0 Å². The van der Waals surface area contributed by atoms with Crippen LogP contribution in [0.2, 0.25) is 0 Å². The minimum absolute atomic E-state index is 0.00985. The predicted octanol–water partition coefficient (Wildman–Crippen LogP) is 3.12. The van der Waals surface area contributed by atoms with Crippen molar-refractivity contribution in [3.63, 3.8) is 0 Å². The van der Waals surface area contributed by atoms with Gasteiger partial charge in [-0.05, 0) is 25.0 Å². The number of alkyl halides is 2. The molecule has 1 saturated carbocycles. The summed E-state index contributed by atoms with van der Waals surface area (Å²) in [6.07, 6.45) is 1.13. The summed E-state index contributed by atoms with van der Waals surface area (Å²) >= 11 is 0. The molecule has 4 nitrogen and oxygen atoms in total. The van der Waals surface area contributed by atoms with E-state index < -0.39 is 11.9 Å². The molecular formula is C14H17F2NO3. The zero-order chi connectivity index (χ0) is 14.2. The number of hydrogen-bond acceptors (Lipinski definition) is 4. The third-order valence-corrected chi connectivity index (χ3v) is 3.81. The number of ether oxygens (including phenoxy) is 2. The SMILES string of the molecule is OC1(CNc2ccc3c(c2)OC(F)(F)O3)CCCCC1. The lowest BCUT2D eigenvalue weighted by Crippen LogP contribution is -2.38. The number of anilines is 1. The molecule has 0 saturated heterocycles. The van der Waals surface area contributed by atoms with E-state index >= 15 is 0 Å². The van der Waals surface area contributed by atoms with Gasteiger partial charge in [0.25, 0.3) is 0 Å². The summed E-state index contributed by atoms with van der Waals surface area (Å²) in [5, 5.41) is 13.5. The van der Waals surface area contributed by atoms with Crippen LogP contribution < -0.4 is 14.8 Å². The molecule has 2 N–H and O–H groups in total. The smallest absolute Gasteiger partial charge is 0.395 e. The summed E-state index contributed by atoms with van der Waals surface area (Å²) in [7, 11) is 0. The molecular weight excluding hydrogens is 268 g/mol. The van der Waals surface area contributed by atoms with E-state index in [0.29, 0.717) is 12.2 Å². The first kappa shape index (κ1) is 13.4. The van der Waals surface area contributed by atoms with Crippen molar-refractivity contribution < 1.29 is 23.4 Å². The van der Waals surface area contributed by atoms with Crippen molar-refractivity contribution in [3.05, 3.63) is 18.2 Å². The fourth-order valence-corrected chi connectivity index (χ4v) is 2.71. The van der Waals surface area contributed by atoms with Crippen LogP contribution >= 0.6 is 0 Å². The van der Waals surface area contributed by atoms with Crippen molar-refractivity contribution in [2.45, 2.75) is 44.0 Å². The van der Waals surface area contributed by atoms with Crippen LogP contribution in [0.4, 0.5) is 14.5 Å². The van der Waals surface area contributed by atoms with Crippen molar-refractivity contribution in [1.82, 2.24) is 0 Å². The molecule has 0 unspecified atom stereocenters. The Balaban J connectivity index is 1.65. The number of hydrogen-bond donors (Lipinski definition) is 2. The van der Waals surface area contributed by atoms with Gasteiger partial charge in [0.05, 0.1) is 5.60 Å². The molecule has 0 aromatic heterocycles. The molecule has 0 atom stereocenters. The van der Waals surface area contributed by atoms with Gasteiger partial charge >= 0.3 is 6.29 Å². The van der Waals surface area contributed by atoms with E-state index in [2.05, 4.69) is 14.8 Å². The lowest BCUT2D eigenvalue weighted by molar-refractivity contribution is -0.286. The zero-order valence-corrected chi connectivity index (χ0v) is 11.0. The molecule has 1 heterocycles. The second-order valence-electron chi connectivity index (χ2n) is 5.47. The van der Waals surface area contributed by atoms with E-state index in [-0.39, 0.29) is 11.5 Å². The molecule has 6 heteroatoms. The quantitative estimate of drug-likeness (QED) is 0.896. The minimum atomic E-state index is -3.59. The molecule has 0 radical (unpaired) electrons. The van der Waals surface area contributed by atoms with Crippen molar-refractivity contribution >= 4 is 5.69 Å². The maximum Gasteiger partial charge on any atom is 0.586 e. The van der Waals surface area contributed by atoms with Gasteiger partial charge in [0.15, 0.2) is 11.5 Å². The number of rotatable bonds is 3. The Morgan fingerprint density at radius 2 is 1.80 bits per heavy atom. The predicted molar refractivity (Wildman–Crippen MR) is 69.2 cm³/mol. The topological polar surface area (TPSA) is 50.7 Å². The van der Waals surface area contributed by atoms with Crippen LogP contribution in [-0.2, 0) is 0 Å². The van der Waals surface area contributed by atoms with Crippen LogP contribution in [0.5, 0.6) is 11.5 Å². The van der Waals surface area contributed by atoms with Crippen molar-refractivity contribution in [1.29, 1.82) is 0 Å². The largest absolute Gasteiger partial charge is 0.586 e. The summed E-state index contributed by atoms with van der Waals surface area (Å²) in [4.78, 5) is 0. The van der Waals surface area contributed by atoms with E-state index in [1.54, 1.807) is 6.07 Å². The molecule has 1 fully saturated rings. The highest BCUT2D eigenvalue weighted by atomic mass is 19.3. The average molecular weight is 285 g/mol. The van der Waals surface area contributed by atoms with E-state index in [0.717, 1.165) is 32.1 Å². The zero-order valence-electron chi connectivity index (χ0n) is 11.0. The maximum absolute atomic E-state index is 12.9. The Hall–Kier alpha value is -1.56. The first-order chi connectivity index (χ1) is 9.46. The third kappa shape index (κ3) is 2.80. The number of aliphatic hydroxyl groups is 1. The Morgan fingerprint density at radius 3 is 2.55 bits per heavy atom. The van der Waals surface area contributed by atoms with Gasteiger partial charge in [0, 0.05) is 18.3 Å². The second kappa shape index (κ2) is 4.77. The standard InChI is InChI=1S/C14H17F2NO3/c15-14(16)19-11-5-4-10(8-12(11)20-14)17-9-13(18)6-2-1-3-7-13/h4-5,8,17-18H,1-3,6-7,9H2. The van der Waals surface area contributed by atoms with Crippen molar-refractivity contribution in [2.75, 3.05) is 11.9 Å². The van der Waals surface area contributed by atoms with Gasteiger partial charge in [-0.3, -0.25) is 0 Å². The molecule has 3 rings (SSSR count). The minimum Gasteiger partial charge on any atom is -0.395 e. The van der Waals surface area contributed by atoms with Gasteiger partial charge in [-0.1, -0.05) is 19.3 Å². The highest BCUT2D eigenvalue weighted by Crippen LogP contribution is 2.42. The van der Waals surface area contributed by atoms with Crippen LogP contribution in [0.15, 0.2) is 18.2 Å². The summed E-state index contributed by atoms with van der Waals surface area (Å²) in [5.74, 6) is 0.0348. The van der Waals surface area contributed by atoms with Gasteiger partial charge < -0.3 is 19.9 Å². The van der Waals surface area contributed by atoms with Gasteiger partial charge in [-0.2, -0.15) is 0 Å². The van der Waals surface area contributed by atoms with Crippen LogP contribution in [0.1, 0.15) is 32.1 Å². The molecule has 1 aliphatic heterocycles. The van der Waals surface area contributed by atoms with Gasteiger partial charge in [0.2, 0.25) is 0 Å². The Morgan fingerprint density at radius 1 is 1.10 bits per heavy atom. The molecule has 0 spiro atoms. The lowest BCUT2D eigenvalue weighted by atomic mass is 9.85. The summed E-state index contributed by atoms with van der Waals surface area (Å²) in [6, 6.07) is 4.53. The molecule has 110 valence electrons. The Labute approximate surface area is 115 Å². The molecule has 1 aliphatic carbocycles. The van der Waals surface area contributed by atoms with Crippen LogP contribution in [-0.4, -0.2) is 23.5 Å². The molecule has 1 aromatic carbocycles. The monoisotopic (exact) mass is 285 g/mol. The van der Waals surface area contributed by atoms with Gasteiger partial charge in [-0.15, -0.1) is 8.78 Å². The summed E-state index contributed by atoms with van der Waals surface area (Å²) < 4.78 is 34.5.